The van der Waals surface area contributed by atoms with Crippen LogP contribution in [0.25, 0.3) is 0 Å². The summed E-state index contributed by atoms with van der Waals surface area (Å²) in [5, 5.41) is 5.75. The number of nitrogens with two attached hydrogens (primary N) is 1. The van der Waals surface area contributed by atoms with Gasteiger partial charge in [0.05, 0.1) is 5.92 Å². The van der Waals surface area contributed by atoms with Gasteiger partial charge in [-0.25, -0.2) is 4.98 Å². The third kappa shape index (κ3) is 1.82. The summed E-state index contributed by atoms with van der Waals surface area (Å²) in [7, 11) is 0. The minimum atomic E-state index is 0.00171. The Morgan fingerprint density at radius 2 is 2.36 bits per heavy atom. The molecule has 0 spiro atoms. The summed E-state index contributed by atoms with van der Waals surface area (Å²) < 4.78 is 0. The summed E-state index contributed by atoms with van der Waals surface area (Å²) >= 11 is 0. The average molecular weight is 192 g/mol. The maximum absolute atomic E-state index is 11.5. The van der Waals surface area contributed by atoms with Crippen LogP contribution in [0, 0.1) is 5.92 Å². The Morgan fingerprint density at radius 1 is 1.57 bits per heavy atom. The largest absolute Gasteiger partial charge is 0.384 e. The van der Waals surface area contributed by atoms with Crippen LogP contribution in [0.3, 0.4) is 0 Å². The third-order valence-electron chi connectivity index (χ3n) is 2.17. The first kappa shape index (κ1) is 8.96. The van der Waals surface area contributed by atoms with Gasteiger partial charge < -0.3 is 16.4 Å². The highest BCUT2D eigenvalue weighted by atomic mass is 16.2. The first-order chi connectivity index (χ1) is 6.75. The van der Waals surface area contributed by atoms with Gasteiger partial charge in [-0.3, -0.25) is 4.79 Å². The zero-order valence-electron chi connectivity index (χ0n) is 7.66. The molecule has 5 nitrogen and oxygen atoms in total. The zero-order chi connectivity index (χ0) is 9.97. The minimum absolute atomic E-state index is 0.00171. The SMILES string of the molecule is Nc1cccc(NC(=O)C2CNC2)n1. The lowest BCUT2D eigenvalue weighted by Crippen LogP contribution is -2.48. The van der Waals surface area contributed by atoms with Crippen LogP contribution in [0.15, 0.2) is 18.2 Å². The molecule has 2 heterocycles. The lowest BCUT2D eigenvalue weighted by molar-refractivity contribution is -0.121. The highest BCUT2D eigenvalue weighted by Gasteiger charge is 2.24. The van der Waals surface area contributed by atoms with E-state index in [1.807, 2.05) is 0 Å². The summed E-state index contributed by atoms with van der Waals surface area (Å²) in [6.07, 6.45) is 0. The highest BCUT2D eigenvalue weighted by molar-refractivity contribution is 5.92. The van der Waals surface area contributed by atoms with E-state index in [9.17, 15) is 4.79 Å². The van der Waals surface area contributed by atoms with Gasteiger partial charge >= 0.3 is 0 Å². The fourth-order valence-corrected chi connectivity index (χ4v) is 1.22. The average Bonchev–Trinajstić information content (AvgIpc) is 1.99. The van der Waals surface area contributed by atoms with E-state index in [1.165, 1.54) is 0 Å². The molecule has 1 amide bonds. The standard InChI is InChI=1S/C9H12N4O/c10-7-2-1-3-8(12-7)13-9(14)6-4-11-5-6/h1-3,6,11H,4-5H2,(H3,10,12,13,14). The molecular weight excluding hydrogens is 180 g/mol. The van der Waals surface area contributed by atoms with Gasteiger partial charge in [-0.05, 0) is 12.1 Å². The molecule has 5 heteroatoms. The van der Waals surface area contributed by atoms with E-state index in [4.69, 9.17) is 5.73 Å². The fourth-order valence-electron chi connectivity index (χ4n) is 1.22. The maximum atomic E-state index is 11.5. The van der Waals surface area contributed by atoms with Crippen molar-refractivity contribution in [3.63, 3.8) is 0 Å². The Labute approximate surface area is 81.7 Å². The molecule has 0 unspecified atom stereocenters. The second kappa shape index (κ2) is 3.63. The van der Waals surface area contributed by atoms with Crippen LogP contribution in [0.2, 0.25) is 0 Å². The van der Waals surface area contributed by atoms with Crippen molar-refractivity contribution >= 4 is 17.5 Å². The number of nitrogens with zero attached hydrogens (tertiary/aromatic N) is 1. The first-order valence-corrected chi connectivity index (χ1v) is 4.50. The second-order valence-corrected chi connectivity index (χ2v) is 3.29. The number of amides is 1. The molecule has 1 aromatic rings. The van der Waals surface area contributed by atoms with Crippen molar-refractivity contribution in [2.45, 2.75) is 0 Å². The first-order valence-electron chi connectivity index (χ1n) is 4.50. The molecule has 0 bridgehead atoms. The molecule has 74 valence electrons. The number of nitrogens with one attached hydrogen (secondary N) is 2. The monoisotopic (exact) mass is 192 g/mol. The molecule has 0 aliphatic carbocycles. The second-order valence-electron chi connectivity index (χ2n) is 3.29. The zero-order valence-corrected chi connectivity index (χ0v) is 7.66. The normalized spacial score (nSPS) is 16.0. The summed E-state index contributed by atoms with van der Waals surface area (Å²) in [5.41, 5.74) is 5.48. The van der Waals surface area contributed by atoms with E-state index in [1.54, 1.807) is 18.2 Å². The third-order valence-corrected chi connectivity index (χ3v) is 2.17. The summed E-state index contributed by atoms with van der Waals surface area (Å²) in [6.45, 7) is 1.49. The van der Waals surface area contributed by atoms with E-state index in [-0.39, 0.29) is 11.8 Å². The Bertz CT molecular complexity index is 348. The van der Waals surface area contributed by atoms with Gasteiger partial charge in [-0.15, -0.1) is 0 Å². The van der Waals surface area contributed by atoms with Crippen molar-refractivity contribution in [3.8, 4) is 0 Å². The van der Waals surface area contributed by atoms with Gasteiger partial charge in [0.1, 0.15) is 11.6 Å². The van der Waals surface area contributed by atoms with Crippen LogP contribution in [0.1, 0.15) is 0 Å². The highest BCUT2D eigenvalue weighted by Crippen LogP contribution is 2.09. The van der Waals surface area contributed by atoms with E-state index < -0.39 is 0 Å². The van der Waals surface area contributed by atoms with Crippen molar-refractivity contribution in [3.05, 3.63) is 18.2 Å². The number of hydrogen-bond donors (Lipinski definition) is 3. The smallest absolute Gasteiger partial charge is 0.231 e. The number of rotatable bonds is 2. The number of carbonyl (C=O) groups is 1. The van der Waals surface area contributed by atoms with E-state index in [2.05, 4.69) is 15.6 Å². The van der Waals surface area contributed by atoms with Gasteiger partial charge in [-0.1, -0.05) is 6.07 Å². The molecule has 4 N–H and O–H groups in total. The van der Waals surface area contributed by atoms with Crippen molar-refractivity contribution in [1.82, 2.24) is 10.3 Å². The Kier molecular flexibility index (Phi) is 2.32. The van der Waals surface area contributed by atoms with E-state index in [0.717, 1.165) is 13.1 Å². The number of anilines is 2. The lowest BCUT2D eigenvalue weighted by atomic mass is 10.0. The predicted octanol–water partition coefficient (Wildman–Crippen LogP) is -0.178. The van der Waals surface area contributed by atoms with Crippen LogP contribution >= 0.6 is 0 Å². The number of carbonyl (C=O) groups excluding carboxylic acids is 1. The van der Waals surface area contributed by atoms with Crippen LogP contribution in [-0.4, -0.2) is 24.0 Å². The number of aromatic nitrogens is 1. The Hall–Kier alpha value is -1.62. The van der Waals surface area contributed by atoms with Crippen molar-refractivity contribution in [1.29, 1.82) is 0 Å². The molecule has 1 aliphatic heterocycles. The fraction of sp³-hybridized carbons (Fsp3) is 0.333. The number of nitrogen functional groups attached to an aromatic ring is 1. The van der Waals surface area contributed by atoms with Crippen LogP contribution in [0.5, 0.6) is 0 Å². The van der Waals surface area contributed by atoms with Crippen LogP contribution in [0.4, 0.5) is 11.6 Å². The van der Waals surface area contributed by atoms with Crippen molar-refractivity contribution in [2.75, 3.05) is 24.1 Å². The predicted molar refractivity (Wildman–Crippen MR) is 53.6 cm³/mol. The molecule has 0 atom stereocenters. The summed E-state index contributed by atoms with van der Waals surface area (Å²) in [5.74, 6) is 0.997. The Balaban J connectivity index is 1.99. The lowest BCUT2D eigenvalue weighted by Gasteiger charge is -2.25. The van der Waals surface area contributed by atoms with Gasteiger partial charge in [-0.2, -0.15) is 0 Å². The molecular formula is C9H12N4O. The van der Waals surface area contributed by atoms with Gasteiger partial charge in [0.25, 0.3) is 0 Å². The number of pyridine rings is 1. The molecule has 0 radical (unpaired) electrons. The maximum Gasteiger partial charge on any atom is 0.231 e. The van der Waals surface area contributed by atoms with E-state index in [0.29, 0.717) is 11.6 Å². The molecule has 1 fully saturated rings. The Morgan fingerprint density at radius 3 is 2.93 bits per heavy atom. The van der Waals surface area contributed by atoms with Gasteiger partial charge in [0.15, 0.2) is 0 Å². The summed E-state index contributed by atoms with van der Waals surface area (Å²) in [6, 6.07) is 5.16. The molecule has 0 aromatic carbocycles. The minimum Gasteiger partial charge on any atom is -0.384 e. The van der Waals surface area contributed by atoms with Gasteiger partial charge in [0.2, 0.25) is 5.91 Å². The van der Waals surface area contributed by atoms with E-state index >= 15 is 0 Å². The topological polar surface area (TPSA) is 80.0 Å². The van der Waals surface area contributed by atoms with Crippen LogP contribution in [-0.2, 0) is 4.79 Å². The summed E-state index contributed by atoms with van der Waals surface area (Å²) in [4.78, 5) is 15.5. The molecule has 2 rings (SSSR count). The molecule has 1 aliphatic rings. The quantitative estimate of drug-likeness (QED) is 0.607. The molecule has 0 saturated carbocycles. The number of hydrogen-bond acceptors (Lipinski definition) is 4. The molecule has 1 saturated heterocycles. The molecule has 1 aromatic heterocycles. The van der Waals surface area contributed by atoms with Gasteiger partial charge in [0, 0.05) is 13.1 Å². The van der Waals surface area contributed by atoms with Crippen molar-refractivity contribution < 1.29 is 4.79 Å². The molecule has 14 heavy (non-hydrogen) atoms. The van der Waals surface area contributed by atoms with Crippen molar-refractivity contribution in [2.24, 2.45) is 5.92 Å². The van der Waals surface area contributed by atoms with Crippen LogP contribution < -0.4 is 16.4 Å².